The van der Waals surface area contributed by atoms with Crippen molar-refractivity contribution in [2.75, 3.05) is 11.1 Å². The number of carbonyl (C=O) groups is 1. The zero-order valence-corrected chi connectivity index (χ0v) is 11.4. The van der Waals surface area contributed by atoms with Crippen LogP contribution in [0.15, 0.2) is 24.3 Å². The van der Waals surface area contributed by atoms with Crippen LogP contribution in [0, 0.1) is 11.3 Å². The van der Waals surface area contributed by atoms with E-state index < -0.39 is 0 Å². The van der Waals surface area contributed by atoms with Crippen molar-refractivity contribution >= 4 is 17.3 Å². The highest BCUT2D eigenvalue weighted by atomic mass is 16.2. The summed E-state index contributed by atoms with van der Waals surface area (Å²) < 4.78 is 0. The number of rotatable bonds is 4. The lowest BCUT2D eigenvalue weighted by Crippen LogP contribution is -2.14. The van der Waals surface area contributed by atoms with Gasteiger partial charge in [0.1, 0.15) is 0 Å². The number of aromatic amines is 1. The van der Waals surface area contributed by atoms with E-state index in [-0.39, 0.29) is 11.6 Å². The molecule has 0 atom stereocenters. The molecule has 1 saturated carbocycles. The summed E-state index contributed by atoms with van der Waals surface area (Å²) in [6, 6.07) is 9.21. The third-order valence-electron chi connectivity index (χ3n) is 3.53. The van der Waals surface area contributed by atoms with Crippen LogP contribution in [-0.4, -0.2) is 16.1 Å². The highest BCUT2D eigenvalue weighted by Gasteiger charge is 2.30. The molecule has 0 saturated heterocycles. The number of H-pyrrole nitrogens is 1. The summed E-state index contributed by atoms with van der Waals surface area (Å²) in [6.07, 6.45) is 2.53. The Labute approximate surface area is 122 Å². The van der Waals surface area contributed by atoms with Gasteiger partial charge in [-0.1, -0.05) is 12.1 Å². The van der Waals surface area contributed by atoms with E-state index in [0.29, 0.717) is 23.7 Å². The Morgan fingerprint density at radius 2 is 2.14 bits per heavy atom. The predicted octanol–water partition coefficient (Wildman–Crippen LogP) is 2.19. The molecule has 0 aliphatic heterocycles. The van der Waals surface area contributed by atoms with Gasteiger partial charge in [0.25, 0.3) is 5.91 Å². The number of benzene rings is 1. The molecule has 2 aromatic rings. The highest BCUT2D eigenvalue weighted by molar-refractivity contribution is 6.06. The van der Waals surface area contributed by atoms with Crippen molar-refractivity contribution in [3.63, 3.8) is 0 Å². The molecule has 1 amide bonds. The van der Waals surface area contributed by atoms with Gasteiger partial charge in [-0.25, -0.2) is 0 Å². The van der Waals surface area contributed by atoms with Crippen molar-refractivity contribution in [1.82, 2.24) is 10.2 Å². The van der Waals surface area contributed by atoms with E-state index in [2.05, 4.69) is 21.6 Å². The fourth-order valence-electron chi connectivity index (χ4n) is 2.21. The first-order valence-electron chi connectivity index (χ1n) is 6.80. The number of nitrogens with zero attached hydrogens (tertiary/aromatic N) is 2. The molecule has 1 aromatic carbocycles. The number of carbonyl (C=O) groups excluding carboxylic acids is 1. The number of nitriles is 1. The van der Waals surface area contributed by atoms with Crippen LogP contribution in [0.25, 0.3) is 0 Å². The van der Waals surface area contributed by atoms with Crippen molar-refractivity contribution in [2.24, 2.45) is 0 Å². The Kier molecular flexibility index (Phi) is 3.32. The molecule has 1 fully saturated rings. The molecule has 1 aliphatic carbocycles. The fraction of sp³-hybridized carbons (Fsp3) is 0.267. The normalized spacial score (nSPS) is 13.7. The minimum atomic E-state index is -0.330. The van der Waals surface area contributed by atoms with Crippen molar-refractivity contribution in [3.8, 4) is 6.07 Å². The molecular weight excluding hydrogens is 266 g/mol. The molecule has 0 bridgehead atoms. The van der Waals surface area contributed by atoms with Crippen molar-refractivity contribution < 1.29 is 4.79 Å². The zero-order valence-electron chi connectivity index (χ0n) is 11.4. The van der Waals surface area contributed by atoms with Crippen LogP contribution < -0.4 is 11.1 Å². The van der Waals surface area contributed by atoms with Gasteiger partial charge in [0.05, 0.1) is 23.9 Å². The van der Waals surface area contributed by atoms with Gasteiger partial charge in [0.2, 0.25) is 0 Å². The van der Waals surface area contributed by atoms with Crippen LogP contribution in [-0.2, 0) is 6.42 Å². The summed E-state index contributed by atoms with van der Waals surface area (Å²) in [5.41, 5.74) is 9.07. The third kappa shape index (κ3) is 2.72. The third-order valence-corrected chi connectivity index (χ3v) is 3.53. The zero-order chi connectivity index (χ0) is 14.8. The van der Waals surface area contributed by atoms with Crippen LogP contribution in [0.4, 0.5) is 11.4 Å². The molecule has 21 heavy (non-hydrogen) atoms. The minimum Gasteiger partial charge on any atom is -0.395 e. The lowest BCUT2D eigenvalue weighted by atomic mass is 10.1. The molecule has 6 nitrogen and oxygen atoms in total. The molecule has 106 valence electrons. The van der Waals surface area contributed by atoms with Crippen molar-refractivity contribution in [1.29, 1.82) is 5.26 Å². The smallest absolute Gasteiger partial charge is 0.278 e. The number of hydrogen-bond donors (Lipinski definition) is 3. The number of anilines is 2. The van der Waals surface area contributed by atoms with Gasteiger partial charge in [-0.3, -0.25) is 9.89 Å². The number of amides is 1. The highest BCUT2D eigenvalue weighted by Crippen LogP contribution is 2.42. The first kappa shape index (κ1) is 13.2. The summed E-state index contributed by atoms with van der Waals surface area (Å²) in [7, 11) is 0. The maximum atomic E-state index is 12.2. The second-order valence-corrected chi connectivity index (χ2v) is 5.16. The van der Waals surface area contributed by atoms with Gasteiger partial charge in [0.15, 0.2) is 5.69 Å². The number of aromatic nitrogens is 2. The average molecular weight is 281 g/mol. The summed E-state index contributed by atoms with van der Waals surface area (Å²) >= 11 is 0. The summed E-state index contributed by atoms with van der Waals surface area (Å²) in [5, 5.41) is 18.2. The first-order valence-corrected chi connectivity index (χ1v) is 6.80. The van der Waals surface area contributed by atoms with Gasteiger partial charge in [-0.05, 0) is 30.5 Å². The van der Waals surface area contributed by atoms with E-state index in [1.54, 1.807) is 12.1 Å². The van der Waals surface area contributed by atoms with E-state index in [1.165, 1.54) is 0 Å². The monoisotopic (exact) mass is 281 g/mol. The van der Waals surface area contributed by atoms with Crippen molar-refractivity contribution in [3.05, 3.63) is 41.2 Å². The molecule has 0 unspecified atom stereocenters. The van der Waals surface area contributed by atoms with Crippen molar-refractivity contribution in [2.45, 2.75) is 25.2 Å². The maximum absolute atomic E-state index is 12.2. The van der Waals surface area contributed by atoms with E-state index >= 15 is 0 Å². The standard InChI is InChI=1S/C15H15N5O/c16-8-7-9-1-5-11(6-2-9)18-15(21)14-12(17)13(19-20-14)10-3-4-10/h1-2,5-6,10H,3-4,7,17H2,(H,18,21)(H,19,20). The fourth-order valence-corrected chi connectivity index (χ4v) is 2.21. The minimum absolute atomic E-state index is 0.234. The molecule has 1 aliphatic rings. The second kappa shape index (κ2) is 5.29. The van der Waals surface area contributed by atoms with Gasteiger partial charge in [-0.2, -0.15) is 10.4 Å². The predicted molar refractivity (Wildman–Crippen MR) is 78.7 cm³/mol. The molecule has 0 spiro atoms. The lowest BCUT2D eigenvalue weighted by Gasteiger charge is -2.04. The average Bonchev–Trinajstić information content (AvgIpc) is 3.24. The van der Waals surface area contributed by atoms with Gasteiger partial charge >= 0.3 is 0 Å². The topological polar surface area (TPSA) is 108 Å². The first-order chi connectivity index (χ1) is 10.2. The molecule has 1 heterocycles. The van der Waals surface area contributed by atoms with Gasteiger partial charge in [0, 0.05) is 11.6 Å². The second-order valence-electron chi connectivity index (χ2n) is 5.16. The van der Waals surface area contributed by atoms with Crippen LogP contribution in [0.5, 0.6) is 0 Å². The SMILES string of the molecule is N#CCc1ccc(NC(=O)c2n[nH]c(C3CC3)c2N)cc1. The molecule has 1 aromatic heterocycles. The van der Waals surface area contributed by atoms with Gasteiger partial charge in [-0.15, -0.1) is 0 Å². The van der Waals surface area contributed by atoms with E-state index in [0.717, 1.165) is 24.1 Å². The Hall–Kier alpha value is -2.81. The molecule has 4 N–H and O–H groups in total. The van der Waals surface area contributed by atoms with Gasteiger partial charge < -0.3 is 11.1 Å². The summed E-state index contributed by atoms with van der Waals surface area (Å²) in [4.78, 5) is 12.2. The Balaban J connectivity index is 1.72. The summed E-state index contributed by atoms with van der Waals surface area (Å²) in [6.45, 7) is 0. The maximum Gasteiger partial charge on any atom is 0.278 e. The summed E-state index contributed by atoms with van der Waals surface area (Å²) in [5.74, 6) is 0.0907. The van der Waals surface area contributed by atoms with Crippen LogP contribution in [0.3, 0.4) is 0 Å². The van der Waals surface area contributed by atoms with Crippen LogP contribution in [0.2, 0.25) is 0 Å². The molecule has 3 rings (SSSR count). The Bertz CT molecular complexity index is 707. The molecule has 6 heteroatoms. The number of nitrogens with two attached hydrogens (primary N) is 1. The molecular formula is C15H15N5O. The number of hydrogen-bond acceptors (Lipinski definition) is 4. The largest absolute Gasteiger partial charge is 0.395 e. The van der Waals surface area contributed by atoms with E-state index in [1.807, 2.05) is 12.1 Å². The Morgan fingerprint density at radius 1 is 1.43 bits per heavy atom. The quantitative estimate of drug-likeness (QED) is 0.798. The van der Waals surface area contributed by atoms with E-state index in [9.17, 15) is 4.79 Å². The number of nitrogens with one attached hydrogen (secondary N) is 2. The van der Waals surface area contributed by atoms with E-state index in [4.69, 9.17) is 11.0 Å². The molecule has 0 radical (unpaired) electrons. The van der Waals surface area contributed by atoms with Crippen LogP contribution in [0.1, 0.15) is 40.5 Å². The Morgan fingerprint density at radius 3 is 2.76 bits per heavy atom. The lowest BCUT2D eigenvalue weighted by molar-refractivity contribution is 0.102. The van der Waals surface area contributed by atoms with Crippen LogP contribution >= 0.6 is 0 Å². The number of nitrogen functional groups attached to an aromatic ring is 1.